The molecule has 2 N–H and O–H groups in total. The van der Waals surface area contributed by atoms with Crippen LogP contribution in [0.15, 0.2) is 47.6 Å². The van der Waals surface area contributed by atoms with Gasteiger partial charge in [0.05, 0.1) is 17.8 Å². The molecule has 0 bridgehead atoms. The van der Waals surface area contributed by atoms with Crippen LogP contribution in [0.3, 0.4) is 0 Å². The molecule has 28 heavy (non-hydrogen) atoms. The van der Waals surface area contributed by atoms with Crippen LogP contribution in [0, 0.1) is 0 Å². The number of hydrazone groups is 1. The SMILES string of the molecule is O=C(CNC(=O)c1sc2ccccc2c1Cl)N/N=C\c1ccc2c(c1)OCO2. The number of carbonyl (C=O) groups excluding carboxylic acids is 2. The second-order valence-corrected chi connectivity index (χ2v) is 7.26. The van der Waals surface area contributed by atoms with Gasteiger partial charge in [-0.3, -0.25) is 9.59 Å². The number of carbonyl (C=O) groups is 2. The number of thiophene rings is 1. The maximum Gasteiger partial charge on any atom is 0.263 e. The van der Waals surface area contributed by atoms with Crippen molar-refractivity contribution in [2.75, 3.05) is 13.3 Å². The summed E-state index contributed by atoms with van der Waals surface area (Å²) in [5, 5.41) is 7.63. The number of halogens is 1. The van der Waals surface area contributed by atoms with Crippen molar-refractivity contribution in [3.05, 3.63) is 57.9 Å². The Hall–Kier alpha value is -3.10. The van der Waals surface area contributed by atoms with E-state index in [1.54, 1.807) is 18.2 Å². The Bertz CT molecular complexity index is 1100. The number of rotatable bonds is 5. The number of hydrogen-bond acceptors (Lipinski definition) is 6. The molecule has 3 aromatic rings. The fourth-order valence-electron chi connectivity index (χ4n) is 2.61. The van der Waals surface area contributed by atoms with Crippen LogP contribution in [0.4, 0.5) is 0 Å². The van der Waals surface area contributed by atoms with Crippen LogP contribution in [0.25, 0.3) is 10.1 Å². The molecule has 9 heteroatoms. The van der Waals surface area contributed by atoms with Crippen LogP contribution in [0.5, 0.6) is 11.5 Å². The molecule has 2 aromatic carbocycles. The maximum atomic E-state index is 12.3. The molecular weight excluding hydrogens is 402 g/mol. The number of benzene rings is 2. The highest BCUT2D eigenvalue weighted by Crippen LogP contribution is 2.35. The molecule has 1 aliphatic heterocycles. The first-order valence-electron chi connectivity index (χ1n) is 8.28. The van der Waals surface area contributed by atoms with E-state index in [2.05, 4.69) is 15.8 Å². The highest BCUT2D eigenvalue weighted by Gasteiger charge is 2.17. The summed E-state index contributed by atoms with van der Waals surface area (Å²) in [6.45, 7) is -0.0297. The Balaban J connectivity index is 1.31. The van der Waals surface area contributed by atoms with Crippen molar-refractivity contribution in [1.82, 2.24) is 10.7 Å². The van der Waals surface area contributed by atoms with Crippen LogP contribution in [-0.2, 0) is 4.79 Å². The van der Waals surface area contributed by atoms with E-state index in [1.807, 2.05) is 24.3 Å². The summed E-state index contributed by atoms with van der Waals surface area (Å²) >= 11 is 7.55. The number of hydrogen-bond donors (Lipinski definition) is 2. The van der Waals surface area contributed by atoms with Crippen molar-refractivity contribution in [3.8, 4) is 11.5 Å². The molecule has 0 saturated heterocycles. The molecule has 0 saturated carbocycles. The molecule has 0 fully saturated rings. The summed E-state index contributed by atoms with van der Waals surface area (Å²) in [5.74, 6) is 0.440. The third-order valence-corrected chi connectivity index (χ3v) is 5.62. The van der Waals surface area contributed by atoms with Crippen molar-refractivity contribution in [2.24, 2.45) is 5.10 Å². The number of fused-ring (bicyclic) bond motifs is 2. The van der Waals surface area contributed by atoms with Gasteiger partial charge >= 0.3 is 0 Å². The fraction of sp³-hybridized carbons (Fsp3) is 0.105. The molecule has 142 valence electrons. The Morgan fingerprint density at radius 2 is 2.00 bits per heavy atom. The van der Waals surface area contributed by atoms with Gasteiger partial charge in [-0.2, -0.15) is 5.10 Å². The molecule has 1 aromatic heterocycles. The zero-order valence-corrected chi connectivity index (χ0v) is 16.0. The normalized spacial score (nSPS) is 12.5. The van der Waals surface area contributed by atoms with E-state index in [4.69, 9.17) is 21.1 Å². The summed E-state index contributed by atoms with van der Waals surface area (Å²) in [6.07, 6.45) is 1.48. The highest BCUT2D eigenvalue weighted by molar-refractivity contribution is 7.21. The molecular formula is C19H14ClN3O4S. The summed E-state index contributed by atoms with van der Waals surface area (Å²) in [5.41, 5.74) is 3.10. The Morgan fingerprint density at radius 3 is 2.86 bits per heavy atom. The average molecular weight is 416 g/mol. The van der Waals surface area contributed by atoms with Gasteiger partial charge < -0.3 is 14.8 Å². The molecule has 2 amide bonds. The summed E-state index contributed by atoms with van der Waals surface area (Å²) in [6, 6.07) is 12.8. The van der Waals surface area contributed by atoms with E-state index in [0.29, 0.717) is 21.4 Å². The summed E-state index contributed by atoms with van der Waals surface area (Å²) in [7, 11) is 0. The zero-order chi connectivity index (χ0) is 19.5. The van der Waals surface area contributed by atoms with E-state index in [9.17, 15) is 9.59 Å². The lowest BCUT2D eigenvalue weighted by Gasteiger charge is -2.03. The molecule has 4 rings (SSSR count). The van der Waals surface area contributed by atoms with Gasteiger partial charge in [-0.15, -0.1) is 11.3 Å². The van der Waals surface area contributed by atoms with E-state index >= 15 is 0 Å². The first-order valence-corrected chi connectivity index (χ1v) is 9.48. The van der Waals surface area contributed by atoms with E-state index in [1.165, 1.54) is 17.6 Å². The second-order valence-electron chi connectivity index (χ2n) is 5.83. The highest BCUT2D eigenvalue weighted by atomic mass is 35.5. The minimum atomic E-state index is -0.456. The van der Waals surface area contributed by atoms with Crippen LogP contribution < -0.4 is 20.2 Å². The van der Waals surface area contributed by atoms with Gasteiger partial charge in [0.15, 0.2) is 11.5 Å². The topological polar surface area (TPSA) is 89.0 Å². The van der Waals surface area contributed by atoms with Gasteiger partial charge in [-0.25, -0.2) is 5.43 Å². The molecule has 0 unspecified atom stereocenters. The van der Waals surface area contributed by atoms with Crippen LogP contribution in [0.1, 0.15) is 15.2 Å². The van der Waals surface area contributed by atoms with Crippen LogP contribution >= 0.6 is 22.9 Å². The Labute approximate surface area is 168 Å². The van der Waals surface area contributed by atoms with Crippen molar-refractivity contribution < 1.29 is 19.1 Å². The zero-order valence-electron chi connectivity index (χ0n) is 14.4. The van der Waals surface area contributed by atoms with Gasteiger partial charge in [0.25, 0.3) is 11.8 Å². The van der Waals surface area contributed by atoms with Gasteiger partial charge in [0.2, 0.25) is 6.79 Å². The van der Waals surface area contributed by atoms with Gasteiger partial charge in [-0.1, -0.05) is 29.8 Å². The summed E-state index contributed by atoms with van der Waals surface area (Å²) < 4.78 is 11.4. The fourth-order valence-corrected chi connectivity index (χ4v) is 4.05. The lowest BCUT2D eigenvalue weighted by Crippen LogP contribution is -2.34. The van der Waals surface area contributed by atoms with Crippen molar-refractivity contribution in [1.29, 1.82) is 0 Å². The van der Waals surface area contributed by atoms with Crippen LogP contribution in [-0.4, -0.2) is 31.4 Å². The van der Waals surface area contributed by atoms with E-state index < -0.39 is 11.8 Å². The van der Waals surface area contributed by atoms with E-state index in [-0.39, 0.29) is 13.3 Å². The predicted molar refractivity (Wildman–Crippen MR) is 107 cm³/mol. The maximum absolute atomic E-state index is 12.3. The standard InChI is InChI=1S/C19H14ClN3O4S/c20-17-12-3-1-2-4-15(12)28-18(17)19(25)21-9-16(24)23-22-8-11-5-6-13-14(7-11)27-10-26-13/h1-8H,9-10H2,(H,21,25)(H,23,24)/b22-8-. The third-order valence-electron chi connectivity index (χ3n) is 3.95. The minimum Gasteiger partial charge on any atom is -0.454 e. The van der Waals surface area contributed by atoms with Crippen LogP contribution in [0.2, 0.25) is 5.02 Å². The van der Waals surface area contributed by atoms with Crippen molar-refractivity contribution in [3.63, 3.8) is 0 Å². The number of ether oxygens (including phenoxy) is 2. The Morgan fingerprint density at radius 1 is 1.18 bits per heavy atom. The van der Waals surface area contributed by atoms with Gasteiger partial charge in [-0.05, 0) is 29.8 Å². The number of nitrogens with zero attached hydrogens (tertiary/aromatic N) is 1. The quantitative estimate of drug-likeness (QED) is 0.495. The molecule has 0 atom stereocenters. The van der Waals surface area contributed by atoms with Crippen molar-refractivity contribution >= 4 is 51.1 Å². The van der Waals surface area contributed by atoms with Crippen molar-refractivity contribution in [2.45, 2.75) is 0 Å². The summed E-state index contributed by atoms with van der Waals surface area (Å²) in [4.78, 5) is 24.6. The van der Waals surface area contributed by atoms with E-state index in [0.717, 1.165) is 15.6 Å². The second kappa shape index (κ2) is 7.87. The molecule has 1 aliphatic rings. The minimum absolute atomic E-state index is 0.191. The largest absolute Gasteiger partial charge is 0.454 e. The molecule has 0 aliphatic carbocycles. The lowest BCUT2D eigenvalue weighted by atomic mass is 10.2. The van der Waals surface area contributed by atoms with Gasteiger partial charge in [0.1, 0.15) is 4.88 Å². The first-order chi connectivity index (χ1) is 13.6. The molecule has 0 spiro atoms. The van der Waals surface area contributed by atoms with Gasteiger partial charge in [0, 0.05) is 10.1 Å². The Kier molecular flexibility index (Phi) is 5.14. The molecule has 7 nitrogen and oxygen atoms in total. The predicted octanol–water partition coefficient (Wildman–Crippen LogP) is 3.16. The third kappa shape index (κ3) is 3.78. The smallest absolute Gasteiger partial charge is 0.263 e. The number of nitrogens with one attached hydrogen (secondary N) is 2. The molecule has 2 heterocycles. The molecule has 0 radical (unpaired) electrons. The first kappa shape index (κ1) is 18.3. The monoisotopic (exact) mass is 415 g/mol. The average Bonchev–Trinajstić information content (AvgIpc) is 3.30. The number of amides is 2. The lowest BCUT2D eigenvalue weighted by molar-refractivity contribution is -0.120.